The quantitative estimate of drug-likeness (QED) is 0.616. The lowest BCUT2D eigenvalue weighted by atomic mass is 9.95. The first-order chi connectivity index (χ1) is 16.0. The number of amides is 1. The number of nitrogen functional groups attached to an aromatic ring is 1. The van der Waals surface area contributed by atoms with E-state index >= 15 is 0 Å². The first-order valence-corrected chi connectivity index (χ1v) is 11.2. The predicted octanol–water partition coefficient (Wildman–Crippen LogP) is 2.90. The lowest BCUT2D eigenvalue weighted by Crippen LogP contribution is -2.42. The Balaban J connectivity index is 1.61. The standard InChI is InChI=1S/C24H25FN6O2/c1-29-11-19-14-8-21(23(26)27-10-14)30-6-7-33-13-22(30)18-9-15(25)2-5-17(18)24(32)31(16-3-4-16)12-20(19)28-29/h2,5,8-11,16,22H,3-4,6-7,12-13H2,1H3,(H2,26,27)/t22-/m1/s1. The van der Waals surface area contributed by atoms with Crippen molar-refractivity contribution in [3.63, 3.8) is 0 Å². The van der Waals surface area contributed by atoms with E-state index in [1.807, 2.05) is 24.2 Å². The molecular weight excluding hydrogens is 423 g/mol. The first-order valence-electron chi connectivity index (χ1n) is 11.2. The molecule has 33 heavy (non-hydrogen) atoms. The highest BCUT2D eigenvalue weighted by Gasteiger charge is 2.38. The second-order valence-electron chi connectivity index (χ2n) is 8.97. The fourth-order valence-corrected chi connectivity index (χ4v) is 4.96. The Kier molecular flexibility index (Phi) is 4.62. The van der Waals surface area contributed by atoms with Crippen LogP contribution in [-0.4, -0.2) is 51.4 Å². The van der Waals surface area contributed by atoms with Gasteiger partial charge < -0.3 is 20.3 Å². The van der Waals surface area contributed by atoms with Crippen LogP contribution in [0.1, 0.15) is 40.5 Å². The number of hydrogen-bond acceptors (Lipinski definition) is 6. The zero-order valence-electron chi connectivity index (χ0n) is 18.4. The molecule has 0 radical (unpaired) electrons. The van der Waals surface area contributed by atoms with Crippen LogP contribution in [0.4, 0.5) is 15.9 Å². The Labute approximate surface area is 190 Å². The van der Waals surface area contributed by atoms with E-state index < -0.39 is 0 Å². The van der Waals surface area contributed by atoms with Crippen LogP contribution in [0.5, 0.6) is 0 Å². The van der Waals surface area contributed by atoms with E-state index in [1.54, 1.807) is 16.9 Å². The second kappa shape index (κ2) is 7.55. The smallest absolute Gasteiger partial charge is 0.254 e. The number of fused-ring (bicyclic) bond motifs is 8. The van der Waals surface area contributed by atoms with Gasteiger partial charge in [0.25, 0.3) is 5.91 Å². The maximum atomic E-state index is 14.5. The lowest BCUT2D eigenvalue weighted by Gasteiger charge is -2.39. The van der Waals surface area contributed by atoms with Crippen LogP contribution in [0.2, 0.25) is 0 Å². The summed E-state index contributed by atoms with van der Waals surface area (Å²) >= 11 is 0. The molecule has 2 bridgehead atoms. The minimum Gasteiger partial charge on any atom is -0.382 e. The Hall–Kier alpha value is -3.46. The average molecular weight is 449 g/mol. The number of hydrogen-bond donors (Lipinski definition) is 1. The summed E-state index contributed by atoms with van der Waals surface area (Å²) in [5, 5.41) is 4.67. The van der Waals surface area contributed by atoms with Crippen molar-refractivity contribution in [2.24, 2.45) is 7.05 Å². The Morgan fingerprint density at radius 1 is 1.18 bits per heavy atom. The Bertz CT molecular complexity index is 1250. The van der Waals surface area contributed by atoms with Gasteiger partial charge >= 0.3 is 0 Å². The average Bonchev–Trinajstić information content (AvgIpc) is 3.59. The van der Waals surface area contributed by atoms with Gasteiger partial charge in [-0.05, 0) is 42.7 Å². The van der Waals surface area contributed by atoms with Gasteiger partial charge in [0.15, 0.2) is 0 Å². The van der Waals surface area contributed by atoms with Crippen molar-refractivity contribution in [1.82, 2.24) is 19.7 Å². The fraction of sp³-hybridized carbons (Fsp3) is 0.375. The summed E-state index contributed by atoms with van der Waals surface area (Å²) in [5.41, 5.74) is 10.8. The number of benzene rings is 1. The minimum absolute atomic E-state index is 0.107. The molecule has 1 atom stereocenters. The van der Waals surface area contributed by atoms with E-state index in [4.69, 9.17) is 10.5 Å². The number of nitrogens with zero attached hydrogens (tertiary/aromatic N) is 5. The van der Waals surface area contributed by atoms with E-state index in [9.17, 15) is 9.18 Å². The number of halogens is 1. The molecule has 4 heterocycles. The molecular formula is C24H25FN6O2. The third-order valence-electron chi connectivity index (χ3n) is 6.72. The van der Waals surface area contributed by atoms with Gasteiger partial charge in [-0.3, -0.25) is 9.48 Å². The van der Waals surface area contributed by atoms with Crippen LogP contribution in [-0.2, 0) is 18.3 Å². The van der Waals surface area contributed by atoms with Crippen LogP contribution in [0, 0.1) is 5.82 Å². The summed E-state index contributed by atoms with van der Waals surface area (Å²) < 4.78 is 22.0. The second-order valence-corrected chi connectivity index (χ2v) is 8.97. The molecule has 2 aromatic heterocycles. The van der Waals surface area contributed by atoms with Gasteiger partial charge in [0, 0.05) is 48.7 Å². The number of carbonyl (C=O) groups is 1. The fourth-order valence-electron chi connectivity index (χ4n) is 4.96. The highest BCUT2D eigenvalue weighted by atomic mass is 19.1. The summed E-state index contributed by atoms with van der Waals surface area (Å²) in [6.45, 7) is 1.76. The highest BCUT2D eigenvalue weighted by Crippen LogP contribution is 2.40. The summed E-state index contributed by atoms with van der Waals surface area (Å²) in [5.74, 6) is -0.106. The zero-order chi connectivity index (χ0) is 22.7. The van der Waals surface area contributed by atoms with Crippen molar-refractivity contribution in [1.29, 1.82) is 0 Å². The molecule has 3 aliphatic rings. The monoisotopic (exact) mass is 448 g/mol. The van der Waals surface area contributed by atoms with Gasteiger partial charge in [-0.1, -0.05) is 0 Å². The molecule has 1 saturated heterocycles. The van der Waals surface area contributed by atoms with Crippen molar-refractivity contribution in [3.8, 4) is 11.1 Å². The zero-order valence-corrected chi connectivity index (χ0v) is 18.4. The lowest BCUT2D eigenvalue weighted by molar-refractivity contribution is 0.0718. The van der Waals surface area contributed by atoms with E-state index in [-0.39, 0.29) is 23.8 Å². The number of morpholine rings is 1. The topological polar surface area (TPSA) is 89.5 Å². The van der Waals surface area contributed by atoms with Crippen molar-refractivity contribution in [3.05, 3.63) is 59.3 Å². The molecule has 2 fully saturated rings. The normalized spacial score (nSPS) is 20.4. The number of aromatic nitrogens is 3. The third kappa shape index (κ3) is 3.43. The van der Waals surface area contributed by atoms with Crippen molar-refractivity contribution < 1.29 is 13.9 Å². The van der Waals surface area contributed by atoms with Gasteiger partial charge in [-0.25, -0.2) is 9.37 Å². The van der Waals surface area contributed by atoms with E-state index in [0.717, 1.165) is 35.3 Å². The number of aryl methyl sites for hydroxylation is 1. The molecule has 1 aliphatic carbocycles. The largest absolute Gasteiger partial charge is 0.382 e. The SMILES string of the molecule is Cn1cc2c(n1)CN(C1CC1)C(=O)c1ccc(F)cc1[C@H]1COCCN1c1cc-2cnc1N. The molecule has 6 rings (SSSR count). The summed E-state index contributed by atoms with van der Waals surface area (Å²) in [6, 6.07) is 6.22. The molecule has 1 saturated carbocycles. The Morgan fingerprint density at radius 3 is 2.85 bits per heavy atom. The minimum atomic E-state index is -0.385. The van der Waals surface area contributed by atoms with E-state index in [2.05, 4.69) is 15.0 Å². The number of ether oxygens (including phenoxy) is 1. The maximum absolute atomic E-state index is 14.5. The van der Waals surface area contributed by atoms with Gasteiger partial charge in [0.05, 0.1) is 37.2 Å². The number of anilines is 2. The highest BCUT2D eigenvalue weighted by molar-refractivity contribution is 5.96. The van der Waals surface area contributed by atoms with Crippen molar-refractivity contribution >= 4 is 17.4 Å². The molecule has 170 valence electrons. The van der Waals surface area contributed by atoms with Crippen molar-refractivity contribution in [2.75, 3.05) is 30.4 Å². The van der Waals surface area contributed by atoms with Gasteiger partial charge in [-0.2, -0.15) is 5.10 Å². The summed E-state index contributed by atoms with van der Waals surface area (Å²) in [6.07, 6.45) is 5.61. The molecule has 8 nitrogen and oxygen atoms in total. The number of carbonyl (C=O) groups excluding carboxylic acids is 1. The number of pyridine rings is 1. The van der Waals surface area contributed by atoms with Crippen molar-refractivity contribution in [2.45, 2.75) is 31.5 Å². The predicted molar refractivity (Wildman–Crippen MR) is 121 cm³/mol. The van der Waals surface area contributed by atoms with Crippen LogP contribution < -0.4 is 10.6 Å². The van der Waals surface area contributed by atoms with E-state index in [0.29, 0.717) is 43.2 Å². The molecule has 0 unspecified atom stereocenters. The van der Waals surface area contributed by atoms with Gasteiger partial charge in [-0.15, -0.1) is 0 Å². The maximum Gasteiger partial charge on any atom is 0.254 e. The first kappa shape index (κ1) is 20.2. The molecule has 2 N–H and O–H groups in total. The number of rotatable bonds is 1. The molecule has 3 aromatic rings. The number of nitrogens with two attached hydrogens (primary N) is 1. The summed E-state index contributed by atoms with van der Waals surface area (Å²) in [4.78, 5) is 22.3. The van der Waals surface area contributed by atoms with Crippen LogP contribution >= 0.6 is 0 Å². The summed E-state index contributed by atoms with van der Waals surface area (Å²) in [7, 11) is 1.87. The van der Waals surface area contributed by atoms with Crippen LogP contribution in [0.25, 0.3) is 11.1 Å². The van der Waals surface area contributed by atoms with E-state index in [1.165, 1.54) is 12.1 Å². The van der Waals surface area contributed by atoms with Gasteiger partial charge in [0.1, 0.15) is 11.6 Å². The third-order valence-corrected chi connectivity index (χ3v) is 6.72. The van der Waals surface area contributed by atoms with Crippen LogP contribution in [0.3, 0.4) is 0 Å². The molecule has 1 aromatic carbocycles. The Morgan fingerprint density at radius 2 is 2.03 bits per heavy atom. The molecule has 0 spiro atoms. The van der Waals surface area contributed by atoms with Crippen LogP contribution in [0.15, 0.2) is 36.7 Å². The molecule has 9 heteroatoms. The molecule has 1 amide bonds. The van der Waals surface area contributed by atoms with Gasteiger partial charge in [0.2, 0.25) is 0 Å². The molecule has 2 aliphatic heterocycles.